The van der Waals surface area contributed by atoms with E-state index >= 15 is 0 Å². The highest BCUT2D eigenvalue weighted by Crippen LogP contribution is 2.24. The van der Waals surface area contributed by atoms with Crippen molar-refractivity contribution < 1.29 is 9.53 Å². The monoisotopic (exact) mass is 346 g/mol. The van der Waals surface area contributed by atoms with Crippen LogP contribution in [0.25, 0.3) is 0 Å². The SMILES string of the molecule is CC.CC(=O)N1CCc2cc(OCCCN3CCCCC3)ccc2C1. The Balaban J connectivity index is 0.00000109. The summed E-state index contributed by atoms with van der Waals surface area (Å²) in [6.07, 6.45) is 6.12. The molecule has 1 aromatic rings. The number of hydrogen-bond donors (Lipinski definition) is 0. The number of hydrogen-bond acceptors (Lipinski definition) is 3. The van der Waals surface area contributed by atoms with Crippen LogP contribution >= 0.6 is 0 Å². The minimum Gasteiger partial charge on any atom is -0.494 e. The molecule has 0 bridgehead atoms. The summed E-state index contributed by atoms with van der Waals surface area (Å²) in [4.78, 5) is 15.9. The molecule has 0 spiro atoms. The fourth-order valence-electron chi connectivity index (χ4n) is 3.55. The maximum absolute atomic E-state index is 11.5. The molecule has 1 amide bonds. The molecule has 4 nitrogen and oxygen atoms in total. The third kappa shape index (κ3) is 6.03. The molecule has 0 N–H and O–H groups in total. The molecule has 0 atom stereocenters. The molecule has 1 saturated heterocycles. The summed E-state index contributed by atoms with van der Waals surface area (Å²) in [5, 5.41) is 0. The van der Waals surface area contributed by atoms with Crippen molar-refractivity contribution in [2.24, 2.45) is 0 Å². The maximum Gasteiger partial charge on any atom is 0.219 e. The van der Waals surface area contributed by atoms with E-state index in [0.29, 0.717) is 0 Å². The third-order valence-corrected chi connectivity index (χ3v) is 4.97. The number of likely N-dealkylation sites (tertiary alicyclic amines) is 1. The lowest BCUT2D eigenvalue weighted by Gasteiger charge is -2.28. The molecule has 0 saturated carbocycles. The van der Waals surface area contributed by atoms with Crippen molar-refractivity contribution in [3.8, 4) is 5.75 Å². The fourth-order valence-corrected chi connectivity index (χ4v) is 3.55. The smallest absolute Gasteiger partial charge is 0.219 e. The number of amides is 1. The first-order valence-corrected chi connectivity index (χ1v) is 9.95. The molecule has 0 radical (unpaired) electrons. The number of benzene rings is 1. The van der Waals surface area contributed by atoms with Gasteiger partial charge in [-0.05, 0) is 62.0 Å². The lowest BCUT2D eigenvalue weighted by Crippen LogP contribution is -2.34. The Hall–Kier alpha value is -1.55. The summed E-state index contributed by atoms with van der Waals surface area (Å²) in [5.74, 6) is 1.13. The second-order valence-corrected chi connectivity index (χ2v) is 6.73. The lowest BCUT2D eigenvalue weighted by molar-refractivity contribution is -0.129. The molecule has 4 heteroatoms. The highest BCUT2D eigenvalue weighted by molar-refractivity contribution is 5.73. The van der Waals surface area contributed by atoms with Crippen LogP contribution in [0, 0.1) is 0 Å². The molecule has 2 aliphatic heterocycles. The molecule has 1 fully saturated rings. The van der Waals surface area contributed by atoms with Crippen LogP contribution < -0.4 is 4.74 Å². The van der Waals surface area contributed by atoms with Crippen LogP contribution in [0.2, 0.25) is 0 Å². The molecule has 3 rings (SSSR count). The van der Waals surface area contributed by atoms with E-state index in [1.54, 1.807) is 6.92 Å². The summed E-state index contributed by atoms with van der Waals surface area (Å²) in [7, 11) is 0. The number of fused-ring (bicyclic) bond motifs is 1. The van der Waals surface area contributed by atoms with E-state index in [0.717, 1.165) is 44.8 Å². The van der Waals surface area contributed by atoms with E-state index in [-0.39, 0.29) is 5.91 Å². The summed E-state index contributed by atoms with van der Waals surface area (Å²) in [6.45, 7) is 11.6. The van der Waals surface area contributed by atoms with Gasteiger partial charge in [-0.25, -0.2) is 0 Å². The highest BCUT2D eigenvalue weighted by atomic mass is 16.5. The Morgan fingerprint density at radius 1 is 1.08 bits per heavy atom. The molecule has 1 aromatic carbocycles. The zero-order valence-corrected chi connectivity index (χ0v) is 16.2. The molecule has 140 valence electrons. The average molecular weight is 347 g/mol. The zero-order chi connectivity index (χ0) is 18.1. The normalized spacial score (nSPS) is 17.3. The van der Waals surface area contributed by atoms with Crippen LogP contribution in [0.4, 0.5) is 0 Å². The van der Waals surface area contributed by atoms with E-state index in [1.807, 2.05) is 24.8 Å². The summed E-state index contributed by atoms with van der Waals surface area (Å²) in [5.41, 5.74) is 2.59. The Kier molecular flexibility index (Phi) is 8.26. The number of nitrogens with zero attached hydrogens (tertiary/aromatic N) is 2. The van der Waals surface area contributed by atoms with Crippen molar-refractivity contribution in [1.82, 2.24) is 9.80 Å². The van der Waals surface area contributed by atoms with Crippen molar-refractivity contribution in [2.45, 2.75) is 59.4 Å². The Bertz CT molecular complexity index is 539. The molecular weight excluding hydrogens is 312 g/mol. The summed E-state index contributed by atoms with van der Waals surface area (Å²) in [6, 6.07) is 6.32. The Morgan fingerprint density at radius 2 is 1.84 bits per heavy atom. The Labute approximate surface area is 153 Å². The van der Waals surface area contributed by atoms with Crippen LogP contribution in [0.5, 0.6) is 5.75 Å². The largest absolute Gasteiger partial charge is 0.494 e. The molecule has 2 aliphatic rings. The highest BCUT2D eigenvalue weighted by Gasteiger charge is 2.18. The van der Waals surface area contributed by atoms with Crippen molar-refractivity contribution in [1.29, 1.82) is 0 Å². The van der Waals surface area contributed by atoms with Gasteiger partial charge in [0.2, 0.25) is 5.91 Å². The van der Waals surface area contributed by atoms with Crippen LogP contribution in [-0.4, -0.2) is 48.5 Å². The average Bonchev–Trinajstić information content (AvgIpc) is 2.67. The second kappa shape index (κ2) is 10.4. The van der Waals surface area contributed by atoms with E-state index in [1.165, 1.54) is 43.5 Å². The van der Waals surface area contributed by atoms with Gasteiger partial charge in [0.1, 0.15) is 5.75 Å². The predicted molar refractivity (Wildman–Crippen MR) is 103 cm³/mol. The number of carbonyl (C=O) groups excluding carboxylic acids is 1. The standard InChI is InChI=1S/C19H28N2O2.C2H6/c1-16(22)21-12-8-17-14-19(7-6-18(17)15-21)23-13-5-11-20-9-3-2-4-10-20;1-2/h6-7,14H,2-5,8-13,15H2,1H3;1-2H3. The first-order chi connectivity index (χ1) is 12.2. The minimum atomic E-state index is 0.161. The first-order valence-electron chi connectivity index (χ1n) is 9.95. The first kappa shape index (κ1) is 19.8. The topological polar surface area (TPSA) is 32.8 Å². The molecule has 2 heterocycles. The van der Waals surface area contributed by atoms with Crippen LogP contribution in [0.15, 0.2) is 18.2 Å². The van der Waals surface area contributed by atoms with Crippen molar-refractivity contribution >= 4 is 5.91 Å². The molecule has 0 aromatic heterocycles. The molecule has 0 unspecified atom stereocenters. The number of carbonyl (C=O) groups is 1. The number of rotatable bonds is 5. The van der Waals surface area contributed by atoms with Gasteiger partial charge in [-0.1, -0.05) is 26.3 Å². The van der Waals surface area contributed by atoms with Gasteiger partial charge in [-0.15, -0.1) is 0 Å². The molecule has 0 aliphatic carbocycles. The number of ether oxygens (including phenoxy) is 1. The van der Waals surface area contributed by atoms with Crippen molar-refractivity contribution in [2.75, 3.05) is 32.8 Å². The van der Waals surface area contributed by atoms with Gasteiger partial charge >= 0.3 is 0 Å². The van der Waals surface area contributed by atoms with Gasteiger partial charge in [0, 0.05) is 26.6 Å². The van der Waals surface area contributed by atoms with Gasteiger partial charge in [-0.3, -0.25) is 4.79 Å². The van der Waals surface area contributed by atoms with Gasteiger partial charge in [0.25, 0.3) is 0 Å². The molecular formula is C21H34N2O2. The quantitative estimate of drug-likeness (QED) is 0.759. The maximum atomic E-state index is 11.5. The van der Waals surface area contributed by atoms with Gasteiger partial charge in [0.15, 0.2) is 0 Å². The van der Waals surface area contributed by atoms with Crippen molar-refractivity contribution in [3.05, 3.63) is 29.3 Å². The van der Waals surface area contributed by atoms with E-state index in [9.17, 15) is 4.79 Å². The minimum absolute atomic E-state index is 0.161. The molecule has 25 heavy (non-hydrogen) atoms. The van der Waals surface area contributed by atoms with Crippen LogP contribution in [0.3, 0.4) is 0 Å². The van der Waals surface area contributed by atoms with Crippen LogP contribution in [-0.2, 0) is 17.8 Å². The zero-order valence-electron chi connectivity index (χ0n) is 16.2. The van der Waals surface area contributed by atoms with E-state index in [4.69, 9.17) is 4.74 Å². The van der Waals surface area contributed by atoms with Crippen LogP contribution in [0.1, 0.15) is 57.6 Å². The second-order valence-electron chi connectivity index (χ2n) is 6.73. The number of piperidine rings is 1. The van der Waals surface area contributed by atoms with E-state index in [2.05, 4.69) is 17.0 Å². The van der Waals surface area contributed by atoms with Gasteiger partial charge < -0.3 is 14.5 Å². The third-order valence-electron chi connectivity index (χ3n) is 4.97. The fraction of sp³-hybridized carbons (Fsp3) is 0.667. The summed E-state index contributed by atoms with van der Waals surface area (Å²) >= 11 is 0. The lowest BCUT2D eigenvalue weighted by atomic mass is 9.99. The Morgan fingerprint density at radius 3 is 2.56 bits per heavy atom. The van der Waals surface area contributed by atoms with Gasteiger partial charge in [-0.2, -0.15) is 0 Å². The van der Waals surface area contributed by atoms with E-state index < -0.39 is 0 Å². The van der Waals surface area contributed by atoms with Crippen molar-refractivity contribution in [3.63, 3.8) is 0 Å². The van der Waals surface area contributed by atoms with Gasteiger partial charge in [0.05, 0.1) is 6.61 Å². The predicted octanol–water partition coefficient (Wildman–Crippen LogP) is 3.87. The summed E-state index contributed by atoms with van der Waals surface area (Å²) < 4.78 is 5.93.